The maximum absolute atomic E-state index is 11.2. The number of methoxy groups -OCH3 is 1. The standard InChI is InChI=1S/C16H16N2O3/c1-20-14-4-5-15(13(9-14)10-19)21-11-12-3-2-7-18-8-6-17-16(12)18/h2-3,5-10,14H,4,11H2,1H3. The second-order valence-corrected chi connectivity index (χ2v) is 4.80. The quantitative estimate of drug-likeness (QED) is 0.790. The topological polar surface area (TPSA) is 52.8 Å². The Balaban J connectivity index is 1.76. The minimum absolute atomic E-state index is 0.0618. The number of hydrogen-bond acceptors (Lipinski definition) is 4. The molecule has 0 aliphatic heterocycles. The monoisotopic (exact) mass is 284 g/mol. The predicted octanol–water partition coefficient (Wildman–Crippen LogP) is 2.28. The van der Waals surface area contributed by atoms with E-state index in [-0.39, 0.29) is 6.10 Å². The van der Waals surface area contributed by atoms with Gasteiger partial charge in [0.1, 0.15) is 18.0 Å². The smallest absolute Gasteiger partial charge is 0.153 e. The zero-order valence-corrected chi connectivity index (χ0v) is 11.7. The number of aldehydes is 1. The Kier molecular flexibility index (Phi) is 3.83. The van der Waals surface area contributed by atoms with Crippen LogP contribution in [-0.4, -0.2) is 28.9 Å². The molecular weight excluding hydrogens is 268 g/mol. The normalized spacial score (nSPS) is 18.2. The van der Waals surface area contributed by atoms with Crippen LogP contribution in [0.1, 0.15) is 12.0 Å². The van der Waals surface area contributed by atoms with E-state index < -0.39 is 0 Å². The number of pyridine rings is 1. The van der Waals surface area contributed by atoms with Gasteiger partial charge in [-0.05, 0) is 24.6 Å². The maximum atomic E-state index is 11.2. The van der Waals surface area contributed by atoms with Gasteiger partial charge in [-0.25, -0.2) is 4.98 Å². The molecule has 0 fully saturated rings. The molecule has 5 heteroatoms. The summed E-state index contributed by atoms with van der Waals surface area (Å²) in [4.78, 5) is 15.5. The SMILES string of the molecule is COC1C=C(C=O)C(OCc2cccn3ccnc23)=CC1. The molecule has 0 N–H and O–H groups in total. The molecule has 0 saturated heterocycles. The molecule has 0 radical (unpaired) electrons. The lowest BCUT2D eigenvalue weighted by molar-refractivity contribution is -0.105. The molecule has 1 unspecified atom stereocenters. The highest BCUT2D eigenvalue weighted by Crippen LogP contribution is 2.22. The molecule has 0 amide bonds. The maximum Gasteiger partial charge on any atom is 0.153 e. The van der Waals surface area contributed by atoms with Crippen LogP contribution < -0.4 is 0 Å². The summed E-state index contributed by atoms with van der Waals surface area (Å²) in [5.74, 6) is 0.604. The van der Waals surface area contributed by atoms with Crippen LogP contribution in [-0.2, 0) is 20.9 Å². The van der Waals surface area contributed by atoms with Gasteiger partial charge >= 0.3 is 0 Å². The lowest BCUT2D eigenvalue weighted by atomic mass is 10.0. The average Bonchev–Trinajstić information content (AvgIpc) is 3.01. The Morgan fingerprint density at radius 1 is 1.48 bits per heavy atom. The van der Waals surface area contributed by atoms with E-state index in [1.54, 1.807) is 19.4 Å². The Morgan fingerprint density at radius 2 is 2.38 bits per heavy atom. The van der Waals surface area contributed by atoms with Crippen molar-refractivity contribution in [2.45, 2.75) is 19.1 Å². The molecule has 0 spiro atoms. The number of rotatable bonds is 5. The Morgan fingerprint density at radius 3 is 3.19 bits per heavy atom. The van der Waals surface area contributed by atoms with Crippen LogP contribution in [0.25, 0.3) is 5.65 Å². The van der Waals surface area contributed by atoms with E-state index >= 15 is 0 Å². The minimum atomic E-state index is -0.0618. The number of hydrogen-bond donors (Lipinski definition) is 0. The molecule has 2 aromatic rings. The summed E-state index contributed by atoms with van der Waals surface area (Å²) in [5.41, 5.74) is 2.37. The van der Waals surface area contributed by atoms with E-state index in [0.29, 0.717) is 24.4 Å². The first-order chi connectivity index (χ1) is 10.3. The highest BCUT2D eigenvalue weighted by Gasteiger charge is 2.16. The van der Waals surface area contributed by atoms with E-state index in [1.165, 1.54) is 0 Å². The fourth-order valence-electron chi connectivity index (χ4n) is 2.37. The summed E-state index contributed by atoms with van der Waals surface area (Å²) in [5, 5.41) is 0. The number of aromatic nitrogens is 2. The van der Waals surface area contributed by atoms with Gasteiger partial charge in [0.15, 0.2) is 6.29 Å². The van der Waals surface area contributed by atoms with Gasteiger partial charge in [-0.2, -0.15) is 0 Å². The Labute approximate surface area is 122 Å². The highest BCUT2D eigenvalue weighted by molar-refractivity contribution is 5.79. The number of ether oxygens (including phenoxy) is 2. The van der Waals surface area contributed by atoms with Crippen LogP contribution >= 0.6 is 0 Å². The summed E-state index contributed by atoms with van der Waals surface area (Å²) in [6.07, 6.45) is 10.7. The fraction of sp³-hybridized carbons (Fsp3) is 0.250. The molecule has 2 heterocycles. The largest absolute Gasteiger partial charge is 0.488 e. The van der Waals surface area contributed by atoms with Gasteiger partial charge in [0.2, 0.25) is 0 Å². The van der Waals surface area contributed by atoms with Gasteiger partial charge in [0, 0.05) is 31.3 Å². The van der Waals surface area contributed by atoms with Crippen molar-refractivity contribution in [1.29, 1.82) is 0 Å². The first-order valence-electron chi connectivity index (χ1n) is 6.75. The van der Waals surface area contributed by atoms with Crippen molar-refractivity contribution in [3.05, 3.63) is 59.8 Å². The number of allylic oxidation sites excluding steroid dienone is 1. The summed E-state index contributed by atoms with van der Waals surface area (Å²) in [7, 11) is 1.63. The van der Waals surface area contributed by atoms with Gasteiger partial charge in [0.05, 0.1) is 11.7 Å². The van der Waals surface area contributed by atoms with E-state index in [0.717, 1.165) is 17.5 Å². The molecule has 0 aromatic carbocycles. The Hall–Kier alpha value is -2.40. The Bertz CT molecular complexity index is 715. The van der Waals surface area contributed by atoms with Crippen LogP contribution in [0.5, 0.6) is 0 Å². The number of imidazole rings is 1. The third kappa shape index (κ3) is 2.73. The molecule has 0 saturated carbocycles. The third-order valence-electron chi connectivity index (χ3n) is 3.50. The van der Waals surface area contributed by atoms with Crippen LogP contribution in [0.4, 0.5) is 0 Å². The molecule has 1 atom stereocenters. The van der Waals surface area contributed by atoms with Gasteiger partial charge in [-0.15, -0.1) is 0 Å². The van der Waals surface area contributed by atoms with Crippen molar-refractivity contribution in [2.75, 3.05) is 7.11 Å². The molecule has 0 bridgehead atoms. The van der Waals surface area contributed by atoms with Crippen LogP contribution in [0.15, 0.2) is 54.2 Å². The molecule has 2 aromatic heterocycles. The molecule has 21 heavy (non-hydrogen) atoms. The molecule has 1 aliphatic rings. The number of carbonyl (C=O) groups is 1. The van der Waals surface area contributed by atoms with Crippen molar-refractivity contribution < 1.29 is 14.3 Å². The second-order valence-electron chi connectivity index (χ2n) is 4.80. The predicted molar refractivity (Wildman–Crippen MR) is 77.6 cm³/mol. The minimum Gasteiger partial charge on any atom is -0.488 e. The van der Waals surface area contributed by atoms with Gasteiger partial charge in [-0.1, -0.05) is 6.07 Å². The van der Waals surface area contributed by atoms with Gasteiger partial charge in [-0.3, -0.25) is 4.79 Å². The molecule has 3 rings (SSSR count). The van der Waals surface area contributed by atoms with Gasteiger partial charge < -0.3 is 13.9 Å². The number of nitrogens with zero attached hydrogens (tertiary/aromatic N) is 2. The summed E-state index contributed by atoms with van der Waals surface area (Å²) in [6.45, 7) is 0.371. The van der Waals surface area contributed by atoms with Crippen molar-refractivity contribution >= 4 is 11.9 Å². The van der Waals surface area contributed by atoms with Crippen molar-refractivity contribution in [3.8, 4) is 0 Å². The first-order valence-corrected chi connectivity index (χ1v) is 6.75. The second kappa shape index (κ2) is 5.93. The number of carbonyl (C=O) groups excluding carboxylic acids is 1. The zero-order chi connectivity index (χ0) is 14.7. The lowest BCUT2D eigenvalue weighted by Gasteiger charge is -2.18. The van der Waals surface area contributed by atoms with E-state index in [1.807, 2.05) is 35.0 Å². The van der Waals surface area contributed by atoms with E-state index in [9.17, 15) is 4.79 Å². The highest BCUT2D eigenvalue weighted by atomic mass is 16.5. The first kappa shape index (κ1) is 13.6. The summed E-state index contributed by atoms with van der Waals surface area (Å²) < 4.78 is 13.0. The molecule has 5 nitrogen and oxygen atoms in total. The van der Waals surface area contributed by atoms with E-state index in [4.69, 9.17) is 9.47 Å². The molecule has 1 aliphatic carbocycles. The molecular formula is C16H16N2O3. The van der Waals surface area contributed by atoms with E-state index in [2.05, 4.69) is 4.98 Å². The van der Waals surface area contributed by atoms with Crippen molar-refractivity contribution in [3.63, 3.8) is 0 Å². The van der Waals surface area contributed by atoms with Crippen molar-refractivity contribution in [1.82, 2.24) is 9.38 Å². The zero-order valence-electron chi connectivity index (χ0n) is 11.7. The van der Waals surface area contributed by atoms with Crippen LogP contribution in [0.2, 0.25) is 0 Å². The van der Waals surface area contributed by atoms with Crippen LogP contribution in [0, 0.1) is 0 Å². The number of fused-ring (bicyclic) bond motifs is 1. The van der Waals surface area contributed by atoms with Crippen molar-refractivity contribution in [2.24, 2.45) is 0 Å². The fourth-order valence-corrected chi connectivity index (χ4v) is 2.37. The van der Waals surface area contributed by atoms with Crippen LogP contribution in [0.3, 0.4) is 0 Å². The summed E-state index contributed by atoms with van der Waals surface area (Å²) >= 11 is 0. The lowest BCUT2D eigenvalue weighted by Crippen LogP contribution is -2.14. The van der Waals surface area contributed by atoms with Gasteiger partial charge in [0.25, 0.3) is 0 Å². The summed E-state index contributed by atoms with van der Waals surface area (Å²) in [6, 6.07) is 3.91. The third-order valence-corrected chi connectivity index (χ3v) is 3.50. The average molecular weight is 284 g/mol. The molecule has 108 valence electrons.